The van der Waals surface area contributed by atoms with E-state index in [0.29, 0.717) is 0 Å². The van der Waals surface area contributed by atoms with Crippen LogP contribution < -0.4 is 0 Å². The Morgan fingerprint density at radius 3 is 2.75 bits per heavy atom. The zero-order valence-electron chi connectivity index (χ0n) is 8.26. The molecule has 0 aliphatic carbocycles. The Hall–Kier alpha value is -0.570. The van der Waals surface area contributed by atoms with Gasteiger partial charge in [0.1, 0.15) is 11.6 Å². The van der Waals surface area contributed by atoms with Crippen molar-refractivity contribution in [1.82, 2.24) is 4.90 Å². The normalized spacial score (nSPS) is 30.0. The van der Waals surface area contributed by atoms with Gasteiger partial charge in [0.15, 0.2) is 0 Å². The molecule has 1 atom stereocenters. The fourth-order valence-electron chi connectivity index (χ4n) is 1.55. The van der Waals surface area contributed by atoms with E-state index in [4.69, 9.17) is 4.74 Å². The summed E-state index contributed by atoms with van der Waals surface area (Å²) in [6, 6.07) is -0.0805. The van der Waals surface area contributed by atoms with Crippen LogP contribution in [0.3, 0.4) is 0 Å². The van der Waals surface area contributed by atoms with Crippen molar-refractivity contribution in [1.29, 1.82) is 0 Å². The molecular formula is C9H17NO2. The van der Waals surface area contributed by atoms with Gasteiger partial charge >= 0.3 is 5.97 Å². The van der Waals surface area contributed by atoms with Gasteiger partial charge in [-0.05, 0) is 27.3 Å². The first-order valence-corrected chi connectivity index (χ1v) is 4.43. The highest BCUT2D eigenvalue weighted by Gasteiger charge is 2.37. The lowest BCUT2D eigenvalue weighted by atomic mass is 10.0. The quantitative estimate of drug-likeness (QED) is 0.552. The number of carbonyl (C=O) groups is 1. The van der Waals surface area contributed by atoms with Gasteiger partial charge in [-0.25, -0.2) is 0 Å². The van der Waals surface area contributed by atoms with Crippen LogP contribution in [0.2, 0.25) is 0 Å². The standard InChI is InChI=1S/C9H17NO2/c1-5-10-6-9(3,4)12-8(11)7(10)2/h7H,5-6H2,1-4H3. The van der Waals surface area contributed by atoms with E-state index in [2.05, 4.69) is 11.8 Å². The van der Waals surface area contributed by atoms with Crippen molar-refractivity contribution in [2.45, 2.75) is 39.3 Å². The monoisotopic (exact) mass is 171 g/mol. The summed E-state index contributed by atoms with van der Waals surface area (Å²) >= 11 is 0. The van der Waals surface area contributed by atoms with E-state index in [1.807, 2.05) is 20.8 Å². The molecule has 1 rings (SSSR count). The molecule has 0 saturated carbocycles. The molecule has 0 aromatic heterocycles. The number of morpholine rings is 1. The zero-order valence-corrected chi connectivity index (χ0v) is 8.26. The van der Waals surface area contributed by atoms with Gasteiger partial charge in [0.25, 0.3) is 0 Å². The zero-order chi connectivity index (χ0) is 9.35. The number of esters is 1. The number of rotatable bonds is 1. The Kier molecular flexibility index (Phi) is 2.42. The third-order valence-corrected chi connectivity index (χ3v) is 2.26. The van der Waals surface area contributed by atoms with Gasteiger partial charge in [0, 0.05) is 6.54 Å². The van der Waals surface area contributed by atoms with E-state index in [0.717, 1.165) is 13.1 Å². The molecule has 3 heteroatoms. The lowest BCUT2D eigenvalue weighted by molar-refractivity contribution is -0.176. The summed E-state index contributed by atoms with van der Waals surface area (Å²) in [4.78, 5) is 13.4. The van der Waals surface area contributed by atoms with Gasteiger partial charge in [-0.1, -0.05) is 6.92 Å². The van der Waals surface area contributed by atoms with Crippen molar-refractivity contribution in [3.8, 4) is 0 Å². The summed E-state index contributed by atoms with van der Waals surface area (Å²) < 4.78 is 5.24. The molecule has 0 bridgehead atoms. The second-order valence-corrected chi connectivity index (χ2v) is 3.92. The maximum absolute atomic E-state index is 11.3. The molecule has 0 N–H and O–H groups in total. The molecule has 1 unspecified atom stereocenters. The Labute approximate surface area is 73.7 Å². The largest absolute Gasteiger partial charge is 0.457 e. The molecule has 1 fully saturated rings. The number of ether oxygens (including phenoxy) is 1. The summed E-state index contributed by atoms with van der Waals surface area (Å²) in [5, 5.41) is 0. The van der Waals surface area contributed by atoms with E-state index < -0.39 is 0 Å². The molecule has 1 aliphatic heterocycles. The van der Waals surface area contributed by atoms with E-state index >= 15 is 0 Å². The van der Waals surface area contributed by atoms with Gasteiger partial charge in [-0.15, -0.1) is 0 Å². The predicted molar refractivity (Wildman–Crippen MR) is 46.9 cm³/mol. The lowest BCUT2D eigenvalue weighted by Gasteiger charge is -2.40. The number of hydrogen-bond acceptors (Lipinski definition) is 3. The average molecular weight is 171 g/mol. The summed E-state index contributed by atoms with van der Waals surface area (Å²) in [6.45, 7) is 9.57. The van der Waals surface area contributed by atoms with Crippen LogP contribution in [0.15, 0.2) is 0 Å². The van der Waals surface area contributed by atoms with Crippen LogP contribution in [-0.4, -0.2) is 35.6 Å². The van der Waals surface area contributed by atoms with Crippen LogP contribution in [-0.2, 0) is 9.53 Å². The molecule has 0 aromatic carbocycles. The van der Waals surface area contributed by atoms with Crippen molar-refractivity contribution < 1.29 is 9.53 Å². The highest BCUT2D eigenvalue weighted by molar-refractivity contribution is 5.76. The number of cyclic esters (lactones) is 1. The summed E-state index contributed by atoms with van der Waals surface area (Å²) in [5.74, 6) is -0.104. The third-order valence-electron chi connectivity index (χ3n) is 2.26. The molecule has 0 aromatic rings. The lowest BCUT2D eigenvalue weighted by Crippen LogP contribution is -2.55. The van der Waals surface area contributed by atoms with Crippen LogP contribution in [0, 0.1) is 0 Å². The van der Waals surface area contributed by atoms with Gasteiger partial charge in [0.05, 0.1) is 0 Å². The van der Waals surface area contributed by atoms with Crippen molar-refractivity contribution >= 4 is 5.97 Å². The van der Waals surface area contributed by atoms with Crippen LogP contribution in [0.4, 0.5) is 0 Å². The van der Waals surface area contributed by atoms with E-state index in [-0.39, 0.29) is 17.6 Å². The number of carbonyl (C=O) groups excluding carboxylic acids is 1. The first-order chi connectivity index (χ1) is 5.46. The van der Waals surface area contributed by atoms with E-state index in [9.17, 15) is 4.79 Å². The van der Waals surface area contributed by atoms with Gasteiger partial charge < -0.3 is 4.74 Å². The average Bonchev–Trinajstić information content (AvgIpc) is 1.96. The fourth-order valence-corrected chi connectivity index (χ4v) is 1.55. The number of hydrogen-bond donors (Lipinski definition) is 0. The van der Waals surface area contributed by atoms with Crippen LogP contribution in [0.5, 0.6) is 0 Å². The Bertz CT molecular complexity index is 189. The van der Waals surface area contributed by atoms with Gasteiger partial charge in [-0.2, -0.15) is 0 Å². The first-order valence-electron chi connectivity index (χ1n) is 4.43. The smallest absolute Gasteiger partial charge is 0.323 e. The Balaban J connectivity index is 2.71. The van der Waals surface area contributed by atoms with Crippen molar-refractivity contribution in [2.24, 2.45) is 0 Å². The topological polar surface area (TPSA) is 29.5 Å². The molecule has 0 radical (unpaired) electrons. The molecule has 70 valence electrons. The summed E-state index contributed by atoms with van der Waals surface area (Å²) in [6.07, 6.45) is 0. The molecule has 1 heterocycles. The first kappa shape index (κ1) is 9.52. The predicted octanol–water partition coefficient (Wildman–Crippen LogP) is 1.03. The fraction of sp³-hybridized carbons (Fsp3) is 0.889. The highest BCUT2D eigenvalue weighted by atomic mass is 16.6. The number of likely N-dealkylation sites (N-methyl/N-ethyl adjacent to an activating group) is 1. The van der Waals surface area contributed by atoms with Crippen molar-refractivity contribution in [3.63, 3.8) is 0 Å². The maximum Gasteiger partial charge on any atom is 0.323 e. The molecule has 12 heavy (non-hydrogen) atoms. The molecule has 0 amide bonds. The highest BCUT2D eigenvalue weighted by Crippen LogP contribution is 2.20. The molecule has 3 nitrogen and oxygen atoms in total. The summed E-state index contributed by atoms with van der Waals surface area (Å²) in [7, 11) is 0. The minimum absolute atomic E-state index is 0.0805. The molecular weight excluding hydrogens is 154 g/mol. The number of nitrogens with zero attached hydrogens (tertiary/aromatic N) is 1. The van der Waals surface area contributed by atoms with Crippen molar-refractivity contribution in [3.05, 3.63) is 0 Å². The molecule has 1 aliphatic rings. The second-order valence-electron chi connectivity index (χ2n) is 3.92. The molecule has 1 saturated heterocycles. The SMILES string of the molecule is CCN1CC(C)(C)OC(=O)C1C. The third kappa shape index (κ3) is 1.78. The molecule has 0 spiro atoms. The van der Waals surface area contributed by atoms with Gasteiger partial charge in [0.2, 0.25) is 0 Å². The minimum Gasteiger partial charge on any atom is -0.457 e. The Morgan fingerprint density at radius 1 is 1.67 bits per heavy atom. The van der Waals surface area contributed by atoms with Gasteiger partial charge in [-0.3, -0.25) is 9.69 Å². The van der Waals surface area contributed by atoms with Crippen LogP contribution >= 0.6 is 0 Å². The maximum atomic E-state index is 11.3. The van der Waals surface area contributed by atoms with E-state index in [1.165, 1.54) is 0 Å². The van der Waals surface area contributed by atoms with Crippen LogP contribution in [0.25, 0.3) is 0 Å². The van der Waals surface area contributed by atoms with Crippen LogP contribution in [0.1, 0.15) is 27.7 Å². The van der Waals surface area contributed by atoms with E-state index in [1.54, 1.807) is 0 Å². The Morgan fingerprint density at radius 2 is 2.25 bits per heavy atom. The summed E-state index contributed by atoms with van der Waals surface area (Å²) in [5.41, 5.74) is -0.320. The van der Waals surface area contributed by atoms with Crippen molar-refractivity contribution in [2.75, 3.05) is 13.1 Å². The minimum atomic E-state index is -0.320. The second kappa shape index (κ2) is 3.05.